The number of carboxylic acid groups (broad SMARTS) is 1. The summed E-state index contributed by atoms with van der Waals surface area (Å²) in [5, 5.41) is 22.0. The number of aliphatic carboxylic acids is 1. The van der Waals surface area contributed by atoms with Crippen molar-refractivity contribution in [2.45, 2.75) is 69.7 Å². The minimum absolute atomic E-state index is 0. The molecule has 32 heavy (non-hydrogen) atoms. The van der Waals surface area contributed by atoms with E-state index in [0.717, 1.165) is 11.4 Å². The van der Waals surface area contributed by atoms with Gasteiger partial charge in [-0.3, -0.25) is 4.79 Å². The lowest BCUT2D eigenvalue weighted by molar-refractivity contribution is -0.136. The third-order valence-corrected chi connectivity index (χ3v) is 3.50. The van der Waals surface area contributed by atoms with Crippen molar-refractivity contribution in [3.8, 4) is 5.69 Å². The number of azo groups is 1. The van der Waals surface area contributed by atoms with E-state index in [9.17, 15) is 4.79 Å². The van der Waals surface area contributed by atoms with Crippen LogP contribution in [0.3, 0.4) is 0 Å². The molecule has 3 aromatic rings. The second kappa shape index (κ2) is 19.7. The van der Waals surface area contributed by atoms with Crippen LogP contribution in [0, 0.1) is 6.92 Å². The lowest BCUT2D eigenvalue weighted by atomic mass is 10.2. The Kier molecular flexibility index (Phi) is 20.5. The molecule has 0 bridgehead atoms. The van der Waals surface area contributed by atoms with Gasteiger partial charge < -0.3 is 5.11 Å². The van der Waals surface area contributed by atoms with Gasteiger partial charge in [0.25, 0.3) is 0 Å². The topological polar surface area (TPSA) is 79.8 Å². The fourth-order valence-corrected chi connectivity index (χ4v) is 2.37. The Morgan fingerprint density at radius 3 is 1.78 bits per heavy atom. The summed E-state index contributed by atoms with van der Waals surface area (Å²) >= 11 is 0. The number of aromatic nitrogens is 2. The smallest absolute Gasteiger partial charge is 0.309 e. The van der Waals surface area contributed by atoms with E-state index in [-0.39, 0.29) is 21.3 Å². The predicted molar refractivity (Wildman–Crippen MR) is 138 cm³/mol. The fourth-order valence-electron chi connectivity index (χ4n) is 2.37. The van der Waals surface area contributed by atoms with Crippen LogP contribution in [0.25, 0.3) is 5.69 Å². The molecule has 0 unspecified atom stereocenters. The number of hydrogen-bond donors (Lipinski definition) is 1. The Labute approximate surface area is 195 Å². The molecule has 0 fully saturated rings. The van der Waals surface area contributed by atoms with Gasteiger partial charge >= 0.3 is 5.97 Å². The molecule has 1 N–H and O–H groups in total. The van der Waals surface area contributed by atoms with Crippen molar-refractivity contribution in [1.29, 1.82) is 0 Å². The summed E-state index contributed by atoms with van der Waals surface area (Å²) in [4.78, 5) is 11.1. The molecular weight excluding hydrogens is 400 g/mol. The molecule has 0 amide bonds. The van der Waals surface area contributed by atoms with Gasteiger partial charge in [0.15, 0.2) is 0 Å². The molecule has 0 aliphatic heterocycles. The van der Waals surface area contributed by atoms with Crippen molar-refractivity contribution in [1.82, 2.24) is 9.78 Å². The van der Waals surface area contributed by atoms with Crippen LogP contribution in [0.5, 0.6) is 0 Å². The van der Waals surface area contributed by atoms with Crippen LogP contribution in [-0.4, -0.2) is 20.9 Å². The highest BCUT2D eigenvalue weighted by Crippen LogP contribution is 2.28. The zero-order valence-electron chi connectivity index (χ0n) is 19.1. The molecule has 178 valence electrons. The quantitative estimate of drug-likeness (QED) is 0.402. The monoisotopic (exact) mass is 442 g/mol. The number of hydrogen-bond acceptors (Lipinski definition) is 4. The predicted octanol–water partition coefficient (Wildman–Crippen LogP) is 8.57. The summed E-state index contributed by atoms with van der Waals surface area (Å²) in [5.41, 5.74) is 3.18. The molecule has 0 spiro atoms. The average molecular weight is 443 g/mol. The van der Waals surface area contributed by atoms with Crippen molar-refractivity contribution in [2.75, 3.05) is 0 Å². The molecule has 2 aromatic carbocycles. The molecule has 0 radical (unpaired) electrons. The molecule has 0 saturated heterocycles. The van der Waals surface area contributed by atoms with Crippen LogP contribution in [-0.2, 0) is 11.2 Å². The molecule has 0 aliphatic carbocycles. The Morgan fingerprint density at radius 2 is 1.31 bits per heavy atom. The largest absolute Gasteiger partial charge is 0.481 e. The number of nitrogens with zero attached hydrogens (tertiary/aromatic N) is 4. The van der Waals surface area contributed by atoms with E-state index in [0.29, 0.717) is 17.1 Å². The van der Waals surface area contributed by atoms with E-state index >= 15 is 0 Å². The van der Waals surface area contributed by atoms with E-state index in [1.165, 1.54) is 0 Å². The summed E-state index contributed by atoms with van der Waals surface area (Å²) in [7, 11) is 0. The highest BCUT2D eigenvalue weighted by molar-refractivity contribution is 5.72. The van der Waals surface area contributed by atoms with E-state index in [2.05, 4.69) is 15.3 Å². The normalized spacial score (nSPS) is 8.84. The molecule has 6 heteroatoms. The van der Waals surface area contributed by atoms with Crippen LogP contribution in [0.2, 0.25) is 0 Å². The minimum Gasteiger partial charge on any atom is -0.481 e. The fraction of sp³-hybridized carbons (Fsp3) is 0.385. The average Bonchev–Trinajstić information content (AvgIpc) is 3.12. The zero-order chi connectivity index (χ0) is 22.9. The number of rotatable bonds is 5. The molecule has 6 nitrogen and oxygen atoms in total. The van der Waals surface area contributed by atoms with Gasteiger partial charge in [0.2, 0.25) is 0 Å². The van der Waals surface area contributed by atoms with Crippen LogP contribution in [0.4, 0.5) is 11.4 Å². The van der Waals surface area contributed by atoms with Crippen LogP contribution < -0.4 is 0 Å². The van der Waals surface area contributed by atoms with Crippen LogP contribution >= 0.6 is 0 Å². The van der Waals surface area contributed by atoms with Crippen molar-refractivity contribution in [3.63, 3.8) is 0 Å². The minimum atomic E-state index is -0.955. The van der Waals surface area contributed by atoms with E-state index in [4.69, 9.17) is 5.11 Å². The first-order valence-electron chi connectivity index (χ1n) is 10.5. The Bertz CT molecular complexity index is 874. The summed E-state index contributed by atoms with van der Waals surface area (Å²) in [6.07, 6.45) is -0.205. The van der Waals surface area contributed by atoms with Crippen LogP contribution in [0.1, 0.15) is 67.8 Å². The molecule has 1 aromatic heterocycles. The Hall–Kier alpha value is -3.28. The Morgan fingerprint density at radius 1 is 0.844 bits per heavy atom. The van der Waals surface area contributed by atoms with Crippen molar-refractivity contribution >= 4 is 17.3 Å². The van der Waals surface area contributed by atoms with Gasteiger partial charge in [0.05, 0.1) is 23.5 Å². The van der Waals surface area contributed by atoms with Crippen molar-refractivity contribution in [2.24, 2.45) is 10.2 Å². The van der Waals surface area contributed by atoms with Gasteiger partial charge in [-0.05, 0) is 31.2 Å². The molecule has 3 rings (SSSR count). The SMILES string of the molecule is C.C.CC.CC.CC.Cc1c(N=Nc2ccccc2)c(CC(=O)O)nn1-c1ccccc1. The van der Waals surface area contributed by atoms with Crippen molar-refractivity contribution in [3.05, 3.63) is 72.1 Å². The summed E-state index contributed by atoms with van der Waals surface area (Å²) < 4.78 is 1.69. The van der Waals surface area contributed by atoms with Crippen LogP contribution in [0.15, 0.2) is 70.9 Å². The summed E-state index contributed by atoms with van der Waals surface area (Å²) in [6, 6.07) is 18.8. The van der Waals surface area contributed by atoms with E-state index in [1.807, 2.05) is 109 Å². The molecular formula is C26H42N4O2. The lowest BCUT2D eigenvalue weighted by Crippen LogP contribution is -2.03. The second-order valence-electron chi connectivity index (χ2n) is 5.23. The number of para-hydroxylation sites is 1. The summed E-state index contributed by atoms with van der Waals surface area (Å²) in [5.74, 6) is -0.955. The van der Waals surface area contributed by atoms with Gasteiger partial charge in [0, 0.05) is 0 Å². The van der Waals surface area contributed by atoms with Crippen molar-refractivity contribution < 1.29 is 9.90 Å². The third kappa shape index (κ3) is 10.2. The maximum Gasteiger partial charge on any atom is 0.309 e. The summed E-state index contributed by atoms with van der Waals surface area (Å²) in [6.45, 7) is 13.9. The molecule has 1 heterocycles. The second-order valence-corrected chi connectivity index (χ2v) is 5.23. The maximum absolute atomic E-state index is 11.1. The molecule has 0 aliphatic rings. The molecule has 0 atom stereocenters. The number of carbonyl (C=O) groups is 1. The standard InChI is InChI=1S/C18H16N4O2.3C2H6.2CH4/c1-13-18(20-19-14-8-4-2-5-9-14)16(12-17(23)24)21-22(13)15-10-6-3-7-11-15;3*1-2;;/h2-11H,12H2,1H3,(H,23,24);3*1-2H3;2*1H4. The third-order valence-electron chi connectivity index (χ3n) is 3.50. The van der Waals surface area contributed by atoms with E-state index in [1.54, 1.807) is 4.68 Å². The first-order valence-corrected chi connectivity index (χ1v) is 10.5. The Balaban J connectivity index is -0.000000971. The number of benzene rings is 2. The molecule has 0 saturated carbocycles. The zero-order valence-corrected chi connectivity index (χ0v) is 19.1. The maximum atomic E-state index is 11.1. The highest BCUT2D eigenvalue weighted by atomic mass is 16.4. The van der Waals surface area contributed by atoms with Gasteiger partial charge in [-0.25, -0.2) is 4.68 Å². The number of carboxylic acids is 1. The van der Waals surface area contributed by atoms with Gasteiger partial charge in [-0.15, -0.1) is 5.11 Å². The van der Waals surface area contributed by atoms with E-state index < -0.39 is 5.97 Å². The first kappa shape index (κ1) is 33.4. The van der Waals surface area contributed by atoms with Gasteiger partial charge in [0.1, 0.15) is 11.4 Å². The van der Waals surface area contributed by atoms with Gasteiger partial charge in [-0.2, -0.15) is 10.2 Å². The first-order chi connectivity index (χ1) is 14.6. The van der Waals surface area contributed by atoms with Gasteiger partial charge in [-0.1, -0.05) is 92.8 Å². The highest BCUT2D eigenvalue weighted by Gasteiger charge is 2.18. The lowest BCUT2D eigenvalue weighted by Gasteiger charge is -2.03.